The van der Waals surface area contributed by atoms with Crippen LogP contribution in [0.15, 0.2) is 84.2 Å². The smallest absolute Gasteiger partial charge is 0.334 e. The maximum Gasteiger partial charge on any atom is 0.334 e. The van der Waals surface area contributed by atoms with Crippen molar-refractivity contribution in [3.8, 4) is 0 Å². The lowest BCUT2D eigenvalue weighted by molar-refractivity contribution is -0.133. The van der Waals surface area contributed by atoms with E-state index in [1.165, 1.54) is 12.4 Å². The number of hydrogen-bond donors (Lipinski definition) is 2. The SMILES string of the molecule is O=C(O)C1=CN(CCc2ccccc2)C=C(C(=O)O)C1c1ccccc1. The summed E-state index contributed by atoms with van der Waals surface area (Å²) in [4.78, 5) is 25.3. The molecule has 1 heterocycles. The van der Waals surface area contributed by atoms with Crippen LogP contribution >= 0.6 is 0 Å². The van der Waals surface area contributed by atoms with Crippen LogP contribution in [0.3, 0.4) is 0 Å². The predicted octanol–water partition coefficient (Wildman–Crippen LogP) is 3.27. The number of benzene rings is 2. The molecule has 132 valence electrons. The first-order valence-corrected chi connectivity index (χ1v) is 8.31. The molecular formula is C21H19NO4. The van der Waals surface area contributed by atoms with Crippen LogP contribution in [0.25, 0.3) is 0 Å². The molecule has 2 aromatic carbocycles. The molecule has 0 radical (unpaired) electrons. The van der Waals surface area contributed by atoms with Gasteiger partial charge < -0.3 is 15.1 Å². The van der Waals surface area contributed by atoms with Gasteiger partial charge >= 0.3 is 11.9 Å². The van der Waals surface area contributed by atoms with Crippen LogP contribution in [0.2, 0.25) is 0 Å². The summed E-state index contributed by atoms with van der Waals surface area (Å²) in [5.41, 5.74) is 1.87. The highest BCUT2D eigenvalue weighted by atomic mass is 16.4. The molecule has 5 nitrogen and oxygen atoms in total. The minimum atomic E-state index is -1.12. The molecule has 0 atom stereocenters. The molecule has 2 aromatic rings. The summed E-state index contributed by atoms with van der Waals surface area (Å²) >= 11 is 0. The van der Waals surface area contributed by atoms with Crippen LogP contribution in [-0.4, -0.2) is 33.6 Å². The minimum absolute atomic E-state index is 0.0594. The van der Waals surface area contributed by atoms with Gasteiger partial charge in [-0.1, -0.05) is 60.7 Å². The molecule has 26 heavy (non-hydrogen) atoms. The number of aliphatic carboxylic acids is 2. The van der Waals surface area contributed by atoms with Crippen molar-refractivity contribution in [1.29, 1.82) is 0 Å². The third-order valence-electron chi connectivity index (χ3n) is 4.36. The second kappa shape index (κ2) is 7.70. The van der Waals surface area contributed by atoms with Gasteiger partial charge in [0.2, 0.25) is 0 Å². The van der Waals surface area contributed by atoms with Gasteiger partial charge in [0.05, 0.1) is 17.1 Å². The Labute approximate surface area is 151 Å². The van der Waals surface area contributed by atoms with E-state index in [-0.39, 0.29) is 11.1 Å². The molecule has 0 amide bonds. The monoisotopic (exact) mass is 349 g/mol. The third-order valence-corrected chi connectivity index (χ3v) is 4.36. The Morgan fingerprint density at radius 1 is 0.808 bits per heavy atom. The molecule has 0 saturated heterocycles. The first-order valence-electron chi connectivity index (χ1n) is 8.31. The largest absolute Gasteiger partial charge is 0.478 e. The molecule has 0 unspecified atom stereocenters. The van der Waals surface area contributed by atoms with Crippen molar-refractivity contribution in [1.82, 2.24) is 4.90 Å². The second-order valence-corrected chi connectivity index (χ2v) is 6.10. The summed E-state index contributed by atoms with van der Waals surface area (Å²) in [5.74, 6) is -3.02. The average molecular weight is 349 g/mol. The lowest BCUT2D eigenvalue weighted by Crippen LogP contribution is -2.28. The van der Waals surface area contributed by atoms with Crippen LogP contribution in [0.1, 0.15) is 17.0 Å². The molecule has 1 aliphatic rings. The molecule has 3 rings (SSSR count). The van der Waals surface area contributed by atoms with E-state index in [1.807, 2.05) is 36.4 Å². The zero-order valence-corrected chi connectivity index (χ0v) is 14.1. The van der Waals surface area contributed by atoms with Gasteiger partial charge in [-0.2, -0.15) is 0 Å². The lowest BCUT2D eigenvalue weighted by atomic mass is 9.83. The van der Waals surface area contributed by atoms with E-state index in [0.717, 1.165) is 5.56 Å². The first-order chi connectivity index (χ1) is 12.6. The van der Waals surface area contributed by atoms with Crippen LogP contribution in [-0.2, 0) is 16.0 Å². The third kappa shape index (κ3) is 3.83. The quantitative estimate of drug-likeness (QED) is 0.837. The van der Waals surface area contributed by atoms with E-state index >= 15 is 0 Å². The predicted molar refractivity (Wildman–Crippen MR) is 97.5 cm³/mol. The standard InChI is InChI=1S/C21H19NO4/c23-20(24)17-13-22(12-11-15-7-3-1-4-8-15)14-18(21(25)26)19(17)16-9-5-2-6-10-16/h1-10,13-14,19H,11-12H2,(H,23,24)(H,25,26). The van der Waals surface area contributed by atoms with Gasteiger partial charge in [-0.05, 0) is 17.5 Å². The van der Waals surface area contributed by atoms with Crippen molar-refractivity contribution < 1.29 is 19.8 Å². The Morgan fingerprint density at radius 3 is 1.81 bits per heavy atom. The highest BCUT2D eigenvalue weighted by Crippen LogP contribution is 2.35. The van der Waals surface area contributed by atoms with Gasteiger partial charge in [0, 0.05) is 18.9 Å². The number of carboxylic acids is 2. The molecule has 0 fully saturated rings. The summed E-state index contributed by atoms with van der Waals surface area (Å²) in [6.07, 6.45) is 3.76. The van der Waals surface area contributed by atoms with Gasteiger partial charge in [-0.15, -0.1) is 0 Å². The van der Waals surface area contributed by atoms with Crippen LogP contribution in [0.5, 0.6) is 0 Å². The molecular weight excluding hydrogens is 330 g/mol. The molecule has 5 heteroatoms. The maximum atomic E-state index is 11.8. The van der Waals surface area contributed by atoms with Crippen molar-refractivity contribution in [3.05, 3.63) is 95.3 Å². The van der Waals surface area contributed by atoms with Gasteiger partial charge in [0.15, 0.2) is 0 Å². The Kier molecular flexibility index (Phi) is 5.17. The Bertz CT molecular complexity index is 824. The van der Waals surface area contributed by atoms with Crippen molar-refractivity contribution in [2.45, 2.75) is 12.3 Å². The molecule has 2 N–H and O–H groups in total. The fraction of sp³-hybridized carbons (Fsp3) is 0.143. The Balaban J connectivity index is 1.92. The van der Waals surface area contributed by atoms with E-state index in [9.17, 15) is 19.8 Å². The lowest BCUT2D eigenvalue weighted by Gasteiger charge is -2.29. The van der Waals surface area contributed by atoms with Crippen molar-refractivity contribution in [2.75, 3.05) is 6.54 Å². The highest BCUT2D eigenvalue weighted by Gasteiger charge is 2.33. The minimum Gasteiger partial charge on any atom is -0.478 e. The molecule has 0 saturated carbocycles. The summed E-state index contributed by atoms with van der Waals surface area (Å²) < 4.78 is 0. The molecule has 0 bridgehead atoms. The van der Waals surface area contributed by atoms with E-state index in [4.69, 9.17) is 0 Å². The summed E-state index contributed by atoms with van der Waals surface area (Å²) in [7, 11) is 0. The average Bonchev–Trinajstić information content (AvgIpc) is 2.67. The molecule has 1 aliphatic heterocycles. The van der Waals surface area contributed by atoms with E-state index < -0.39 is 17.9 Å². The van der Waals surface area contributed by atoms with E-state index in [1.54, 1.807) is 29.2 Å². The molecule has 0 aliphatic carbocycles. The van der Waals surface area contributed by atoms with Gasteiger partial charge in [-0.3, -0.25) is 0 Å². The fourth-order valence-corrected chi connectivity index (χ4v) is 3.11. The number of carbonyl (C=O) groups is 2. The molecule has 0 aromatic heterocycles. The summed E-state index contributed by atoms with van der Waals surface area (Å²) in [6.45, 7) is 0.499. The first kappa shape index (κ1) is 17.5. The normalized spacial score (nSPS) is 14.5. The van der Waals surface area contributed by atoms with Crippen molar-refractivity contribution in [2.24, 2.45) is 0 Å². The fourth-order valence-electron chi connectivity index (χ4n) is 3.11. The van der Waals surface area contributed by atoms with Crippen LogP contribution in [0.4, 0.5) is 0 Å². The zero-order chi connectivity index (χ0) is 18.5. The summed E-state index contributed by atoms with van der Waals surface area (Å²) in [5, 5.41) is 19.3. The van der Waals surface area contributed by atoms with Gasteiger partial charge in [0.25, 0.3) is 0 Å². The van der Waals surface area contributed by atoms with E-state index in [0.29, 0.717) is 18.5 Å². The Morgan fingerprint density at radius 2 is 1.31 bits per heavy atom. The van der Waals surface area contributed by atoms with E-state index in [2.05, 4.69) is 0 Å². The highest BCUT2D eigenvalue weighted by molar-refractivity contribution is 5.97. The summed E-state index contributed by atoms with van der Waals surface area (Å²) in [6, 6.07) is 18.6. The number of rotatable bonds is 6. The number of hydrogen-bond acceptors (Lipinski definition) is 3. The zero-order valence-electron chi connectivity index (χ0n) is 14.1. The van der Waals surface area contributed by atoms with Gasteiger partial charge in [-0.25, -0.2) is 9.59 Å². The van der Waals surface area contributed by atoms with Gasteiger partial charge in [0.1, 0.15) is 0 Å². The second-order valence-electron chi connectivity index (χ2n) is 6.10. The molecule has 0 spiro atoms. The van der Waals surface area contributed by atoms with Crippen LogP contribution < -0.4 is 0 Å². The Hall–Kier alpha value is -3.34. The number of nitrogens with zero attached hydrogens (tertiary/aromatic N) is 1. The van der Waals surface area contributed by atoms with Crippen molar-refractivity contribution in [3.63, 3.8) is 0 Å². The maximum absolute atomic E-state index is 11.8. The number of carboxylic acid groups (broad SMARTS) is 2. The topological polar surface area (TPSA) is 77.8 Å². The van der Waals surface area contributed by atoms with Crippen molar-refractivity contribution >= 4 is 11.9 Å². The van der Waals surface area contributed by atoms with Crippen LogP contribution in [0, 0.1) is 0 Å².